The maximum absolute atomic E-state index is 12.6. The Morgan fingerprint density at radius 3 is 2.69 bits per heavy atom. The molecule has 3 aromatic heterocycles. The molecular weight excluding hydrogens is 326 g/mol. The molecule has 0 fully saturated rings. The maximum atomic E-state index is 12.6. The number of hydrogen-bond acceptors (Lipinski definition) is 4. The third kappa shape index (κ3) is 2.60. The fraction of sp³-hybridized carbons (Fsp3) is 0.200. The molecule has 6 heteroatoms. The Hall–Kier alpha value is -3.28. The number of nitrogens with zero attached hydrogens (tertiary/aromatic N) is 5. The van der Waals surface area contributed by atoms with Crippen molar-refractivity contribution in [2.45, 2.75) is 26.8 Å². The highest BCUT2D eigenvalue weighted by molar-refractivity contribution is 5.86. The van der Waals surface area contributed by atoms with Gasteiger partial charge in [-0.05, 0) is 56.5 Å². The molecule has 26 heavy (non-hydrogen) atoms. The summed E-state index contributed by atoms with van der Waals surface area (Å²) in [4.78, 5) is 16.7. The molecule has 4 aromatic rings. The fourth-order valence-electron chi connectivity index (χ4n) is 3.14. The van der Waals surface area contributed by atoms with Crippen molar-refractivity contribution in [3.05, 3.63) is 71.0 Å². The zero-order valence-corrected chi connectivity index (χ0v) is 14.9. The first-order valence-electron chi connectivity index (χ1n) is 8.54. The second-order valence-corrected chi connectivity index (χ2v) is 6.57. The topological polar surface area (TPSA) is 65.6 Å². The van der Waals surface area contributed by atoms with Crippen LogP contribution in [0.1, 0.15) is 25.6 Å². The minimum absolute atomic E-state index is 0.0276. The summed E-state index contributed by atoms with van der Waals surface area (Å²) in [6.45, 7) is 5.98. The summed E-state index contributed by atoms with van der Waals surface area (Å²) in [5.41, 5.74) is 3.55. The molecule has 0 saturated heterocycles. The van der Waals surface area contributed by atoms with Gasteiger partial charge in [0.2, 0.25) is 0 Å². The number of benzene rings is 1. The van der Waals surface area contributed by atoms with E-state index < -0.39 is 0 Å². The highest BCUT2D eigenvalue weighted by atomic mass is 16.1. The van der Waals surface area contributed by atoms with Crippen LogP contribution >= 0.6 is 0 Å². The Labute approximate surface area is 150 Å². The molecule has 6 nitrogen and oxygen atoms in total. The average molecular weight is 345 g/mol. The summed E-state index contributed by atoms with van der Waals surface area (Å²) in [5.74, 6) is 0. The molecular formula is C20H19N5O. The number of fused-ring (bicyclic) bond motifs is 1. The smallest absolute Gasteiger partial charge is 0.258 e. The lowest BCUT2D eigenvalue weighted by Crippen LogP contribution is -2.20. The lowest BCUT2D eigenvalue weighted by Gasteiger charge is -2.11. The van der Waals surface area contributed by atoms with Crippen LogP contribution in [0.5, 0.6) is 0 Å². The second-order valence-electron chi connectivity index (χ2n) is 6.57. The largest absolute Gasteiger partial charge is 0.312 e. The molecule has 130 valence electrons. The van der Waals surface area contributed by atoms with E-state index in [4.69, 9.17) is 0 Å². The average Bonchev–Trinajstić information content (AvgIpc) is 3.03. The molecule has 0 aliphatic heterocycles. The highest BCUT2D eigenvalue weighted by Crippen LogP contribution is 2.25. The highest BCUT2D eigenvalue weighted by Gasteiger charge is 2.13. The van der Waals surface area contributed by atoms with E-state index in [9.17, 15) is 4.79 Å². The molecule has 0 bridgehead atoms. The standard InChI is InChI=1S/C20H19N5O/c1-13(2)24-10-8-15-11-16(6-7-18(15)20(24)26)19-14(3)25(23-22-19)17-5-4-9-21-12-17/h4-13H,1-3H3. The molecule has 4 rings (SSSR count). The van der Waals surface area contributed by atoms with E-state index in [2.05, 4.69) is 15.3 Å². The van der Waals surface area contributed by atoms with Crippen LogP contribution < -0.4 is 5.56 Å². The first-order valence-corrected chi connectivity index (χ1v) is 8.54. The first-order chi connectivity index (χ1) is 12.6. The van der Waals surface area contributed by atoms with Crippen LogP contribution in [-0.2, 0) is 0 Å². The predicted molar refractivity (Wildman–Crippen MR) is 101 cm³/mol. The summed E-state index contributed by atoms with van der Waals surface area (Å²) in [5, 5.41) is 10.2. The van der Waals surface area contributed by atoms with E-state index in [1.807, 2.05) is 63.4 Å². The van der Waals surface area contributed by atoms with E-state index in [0.29, 0.717) is 5.39 Å². The second kappa shape index (κ2) is 6.22. The molecule has 0 spiro atoms. The van der Waals surface area contributed by atoms with Crippen molar-refractivity contribution in [1.82, 2.24) is 24.5 Å². The lowest BCUT2D eigenvalue weighted by atomic mass is 10.1. The van der Waals surface area contributed by atoms with Crippen LogP contribution in [0.3, 0.4) is 0 Å². The van der Waals surface area contributed by atoms with Crippen molar-refractivity contribution in [1.29, 1.82) is 0 Å². The van der Waals surface area contributed by atoms with E-state index in [0.717, 1.165) is 28.0 Å². The number of aromatic nitrogens is 5. The van der Waals surface area contributed by atoms with Gasteiger partial charge < -0.3 is 4.57 Å². The van der Waals surface area contributed by atoms with Gasteiger partial charge in [0.25, 0.3) is 5.56 Å². The van der Waals surface area contributed by atoms with Crippen molar-refractivity contribution in [2.75, 3.05) is 0 Å². The molecule has 1 aromatic carbocycles. The summed E-state index contributed by atoms with van der Waals surface area (Å²) >= 11 is 0. The molecule has 0 saturated carbocycles. The van der Waals surface area contributed by atoms with Crippen molar-refractivity contribution in [3.63, 3.8) is 0 Å². The summed E-state index contributed by atoms with van der Waals surface area (Å²) < 4.78 is 3.51. The zero-order valence-electron chi connectivity index (χ0n) is 14.9. The summed E-state index contributed by atoms with van der Waals surface area (Å²) in [7, 11) is 0. The molecule has 0 aliphatic rings. The van der Waals surface area contributed by atoms with Crippen molar-refractivity contribution in [2.24, 2.45) is 0 Å². The van der Waals surface area contributed by atoms with Gasteiger partial charge in [-0.25, -0.2) is 4.68 Å². The van der Waals surface area contributed by atoms with Crippen LogP contribution in [0.4, 0.5) is 0 Å². The van der Waals surface area contributed by atoms with Gasteiger partial charge in [0.15, 0.2) is 0 Å². The third-order valence-electron chi connectivity index (χ3n) is 4.55. The van der Waals surface area contributed by atoms with Crippen molar-refractivity contribution < 1.29 is 0 Å². The monoisotopic (exact) mass is 345 g/mol. The molecule has 0 atom stereocenters. The minimum Gasteiger partial charge on any atom is -0.312 e. The molecule has 0 N–H and O–H groups in total. The van der Waals surface area contributed by atoms with Crippen LogP contribution in [-0.4, -0.2) is 24.5 Å². The zero-order chi connectivity index (χ0) is 18.3. The van der Waals surface area contributed by atoms with Gasteiger partial charge in [-0.2, -0.15) is 0 Å². The van der Waals surface area contributed by atoms with Gasteiger partial charge in [0, 0.05) is 29.4 Å². The van der Waals surface area contributed by atoms with Crippen LogP contribution in [0, 0.1) is 6.92 Å². The number of pyridine rings is 2. The Balaban J connectivity index is 1.82. The lowest BCUT2D eigenvalue weighted by molar-refractivity contribution is 0.583. The van der Waals surface area contributed by atoms with E-state index in [1.54, 1.807) is 21.6 Å². The van der Waals surface area contributed by atoms with Gasteiger partial charge in [-0.3, -0.25) is 9.78 Å². The van der Waals surface area contributed by atoms with Crippen LogP contribution in [0.2, 0.25) is 0 Å². The molecule has 0 radical (unpaired) electrons. The Morgan fingerprint density at radius 2 is 1.96 bits per heavy atom. The molecule has 0 unspecified atom stereocenters. The van der Waals surface area contributed by atoms with E-state index in [-0.39, 0.29) is 11.6 Å². The summed E-state index contributed by atoms with van der Waals surface area (Å²) in [6.07, 6.45) is 5.32. The Bertz CT molecular complexity index is 1140. The quantitative estimate of drug-likeness (QED) is 0.570. The normalized spacial score (nSPS) is 11.4. The first kappa shape index (κ1) is 16.2. The van der Waals surface area contributed by atoms with Crippen molar-refractivity contribution in [3.8, 4) is 16.9 Å². The van der Waals surface area contributed by atoms with Gasteiger partial charge in [-0.15, -0.1) is 5.10 Å². The fourth-order valence-corrected chi connectivity index (χ4v) is 3.14. The third-order valence-corrected chi connectivity index (χ3v) is 4.55. The van der Waals surface area contributed by atoms with Gasteiger partial charge in [0.05, 0.1) is 17.6 Å². The number of hydrogen-bond donors (Lipinski definition) is 0. The van der Waals surface area contributed by atoms with Gasteiger partial charge in [0.1, 0.15) is 5.69 Å². The maximum Gasteiger partial charge on any atom is 0.258 e. The predicted octanol–water partition coefficient (Wildman–Crippen LogP) is 3.53. The van der Waals surface area contributed by atoms with Gasteiger partial charge in [-0.1, -0.05) is 11.3 Å². The van der Waals surface area contributed by atoms with E-state index in [1.165, 1.54) is 0 Å². The molecule has 0 aliphatic carbocycles. The van der Waals surface area contributed by atoms with Gasteiger partial charge >= 0.3 is 0 Å². The molecule has 3 heterocycles. The van der Waals surface area contributed by atoms with Crippen LogP contribution in [0.15, 0.2) is 59.8 Å². The summed E-state index contributed by atoms with van der Waals surface area (Å²) in [6, 6.07) is 11.7. The SMILES string of the molecule is Cc1c(-c2ccc3c(=O)n(C(C)C)ccc3c2)nnn1-c1cccnc1. The number of rotatable bonds is 3. The Kier molecular flexibility index (Phi) is 3.88. The van der Waals surface area contributed by atoms with Crippen LogP contribution in [0.25, 0.3) is 27.7 Å². The Morgan fingerprint density at radius 1 is 1.12 bits per heavy atom. The minimum atomic E-state index is 0.0276. The van der Waals surface area contributed by atoms with Crippen molar-refractivity contribution >= 4 is 10.8 Å². The van der Waals surface area contributed by atoms with E-state index >= 15 is 0 Å². The molecule has 0 amide bonds.